The molecule has 0 spiro atoms. The van der Waals surface area contributed by atoms with Gasteiger partial charge in [0.05, 0.1) is 17.0 Å². The largest absolute Gasteiger partial charge is 0.326 e. The third-order valence-corrected chi connectivity index (χ3v) is 5.51. The third-order valence-electron chi connectivity index (χ3n) is 5.51. The van der Waals surface area contributed by atoms with Crippen molar-refractivity contribution in [3.63, 3.8) is 0 Å². The van der Waals surface area contributed by atoms with Crippen LogP contribution in [-0.2, 0) is 14.4 Å². The summed E-state index contributed by atoms with van der Waals surface area (Å²) in [4.78, 5) is 63.5. The Labute approximate surface area is 190 Å². The Bertz CT molecular complexity index is 1110. The van der Waals surface area contributed by atoms with Crippen LogP contribution in [0.15, 0.2) is 48.5 Å². The van der Waals surface area contributed by atoms with Crippen LogP contribution in [0, 0.1) is 10.1 Å². The molecule has 1 N–H and O–H groups in total. The molecule has 0 saturated carbocycles. The minimum Gasteiger partial charge on any atom is -0.326 e. The van der Waals surface area contributed by atoms with Gasteiger partial charge in [-0.05, 0) is 43.7 Å². The number of anilines is 2. The summed E-state index contributed by atoms with van der Waals surface area (Å²) in [5.74, 6) is -1.81. The highest BCUT2D eigenvalue weighted by molar-refractivity contribution is 6.23. The number of nitro groups is 1. The van der Waals surface area contributed by atoms with Gasteiger partial charge in [0.15, 0.2) is 0 Å². The van der Waals surface area contributed by atoms with E-state index in [9.17, 15) is 29.3 Å². The molecule has 0 aromatic heterocycles. The quantitative estimate of drug-likeness (QED) is 0.390. The van der Waals surface area contributed by atoms with Gasteiger partial charge in [-0.3, -0.25) is 29.3 Å². The van der Waals surface area contributed by atoms with Crippen molar-refractivity contribution in [2.24, 2.45) is 0 Å². The number of hydrogen-bond acceptors (Lipinski definition) is 6. The molecule has 4 amide bonds. The van der Waals surface area contributed by atoms with Gasteiger partial charge in [0, 0.05) is 36.3 Å². The Morgan fingerprint density at radius 1 is 1.21 bits per heavy atom. The molecule has 1 fully saturated rings. The zero-order valence-corrected chi connectivity index (χ0v) is 18.5. The number of rotatable bonds is 7. The van der Waals surface area contributed by atoms with Crippen LogP contribution in [0.5, 0.6) is 0 Å². The molecule has 2 unspecified atom stereocenters. The van der Waals surface area contributed by atoms with E-state index in [1.807, 2.05) is 6.92 Å². The molecule has 0 aliphatic carbocycles. The smallest absolute Gasteiger partial charge is 0.270 e. The van der Waals surface area contributed by atoms with Gasteiger partial charge in [-0.1, -0.05) is 13.0 Å². The molecule has 0 radical (unpaired) electrons. The fourth-order valence-corrected chi connectivity index (χ4v) is 3.75. The van der Waals surface area contributed by atoms with Crippen molar-refractivity contribution in [1.82, 2.24) is 4.90 Å². The van der Waals surface area contributed by atoms with Crippen molar-refractivity contribution in [2.45, 2.75) is 45.7 Å². The molecule has 172 valence electrons. The van der Waals surface area contributed by atoms with E-state index in [1.54, 1.807) is 31.2 Å². The molecule has 2 atom stereocenters. The Hall–Kier alpha value is -4.08. The van der Waals surface area contributed by atoms with Crippen LogP contribution in [0.3, 0.4) is 0 Å². The van der Waals surface area contributed by atoms with Crippen LogP contribution >= 0.6 is 0 Å². The zero-order valence-electron chi connectivity index (χ0n) is 18.5. The molecule has 33 heavy (non-hydrogen) atoms. The number of carbonyl (C=O) groups is 4. The molecular weight excluding hydrogens is 428 g/mol. The summed E-state index contributed by atoms with van der Waals surface area (Å²) in [5.41, 5.74) is 0.681. The van der Waals surface area contributed by atoms with E-state index in [2.05, 4.69) is 5.32 Å². The van der Waals surface area contributed by atoms with Gasteiger partial charge in [0.1, 0.15) is 6.04 Å². The summed E-state index contributed by atoms with van der Waals surface area (Å²) in [6, 6.07) is 10.1. The number of imide groups is 1. The third kappa shape index (κ3) is 4.89. The van der Waals surface area contributed by atoms with E-state index in [0.717, 1.165) is 11.0 Å². The Kier molecular flexibility index (Phi) is 6.86. The number of nitrogens with zero attached hydrogens (tertiary/aromatic N) is 3. The van der Waals surface area contributed by atoms with Crippen LogP contribution < -0.4 is 10.2 Å². The lowest BCUT2D eigenvalue weighted by Crippen LogP contribution is -2.49. The highest BCUT2D eigenvalue weighted by Gasteiger charge is 2.45. The highest BCUT2D eigenvalue weighted by atomic mass is 16.6. The lowest BCUT2D eigenvalue weighted by Gasteiger charge is -2.33. The first-order chi connectivity index (χ1) is 15.6. The van der Waals surface area contributed by atoms with Gasteiger partial charge in [-0.25, -0.2) is 4.90 Å². The number of amides is 4. The van der Waals surface area contributed by atoms with Crippen LogP contribution in [0.2, 0.25) is 0 Å². The summed E-state index contributed by atoms with van der Waals surface area (Å²) in [7, 11) is 0. The average molecular weight is 452 g/mol. The Morgan fingerprint density at radius 3 is 2.45 bits per heavy atom. The van der Waals surface area contributed by atoms with E-state index in [1.165, 1.54) is 30.0 Å². The second kappa shape index (κ2) is 9.60. The predicted molar refractivity (Wildman–Crippen MR) is 121 cm³/mol. The molecule has 1 heterocycles. The maximum Gasteiger partial charge on any atom is 0.270 e. The van der Waals surface area contributed by atoms with E-state index >= 15 is 0 Å². The fraction of sp³-hybridized carbons (Fsp3) is 0.304. The molecule has 3 rings (SSSR count). The normalized spacial score (nSPS) is 16.5. The number of non-ortho nitro benzene ring substituents is 1. The molecular formula is C23H24N4O6. The number of carbonyl (C=O) groups excluding carboxylic acids is 4. The lowest BCUT2D eigenvalue weighted by atomic mass is 10.1. The first-order valence-corrected chi connectivity index (χ1v) is 10.5. The van der Waals surface area contributed by atoms with Crippen molar-refractivity contribution in [3.8, 4) is 0 Å². The summed E-state index contributed by atoms with van der Waals surface area (Å²) in [5, 5.41) is 13.7. The maximum atomic E-state index is 13.3. The standard InChI is InChI=1S/C23H24N4O6/c1-4-14(2)25(22(30)16-6-5-7-19(12-16)27(32)33)20-13-21(29)26(23(20)31)18-10-8-17(9-11-18)24-15(3)28/h5-12,14,20H,4,13H2,1-3H3,(H,24,28). The van der Waals surface area contributed by atoms with E-state index in [4.69, 9.17) is 0 Å². The molecule has 0 bridgehead atoms. The van der Waals surface area contributed by atoms with Gasteiger partial charge >= 0.3 is 0 Å². The highest BCUT2D eigenvalue weighted by Crippen LogP contribution is 2.29. The molecule has 2 aromatic rings. The molecule has 2 aromatic carbocycles. The monoisotopic (exact) mass is 452 g/mol. The van der Waals surface area contributed by atoms with Gasteiger partial charge < -0.3 is 10.2 Å². The topological polar surface area (TPSA) is 130 Å². The van der Waals surface area contributed by atoms with Crippen LogP contribution in [-0.4, -0.2) is 45.5 Å². The number of hydrogen-bond donors (Lipinski definition) is 1. The number of nitro benzene ring substituents is 1. The van der Waals surface area contributed by atoms with Crippen molar-refractivity contribution < 1.29 is 24.1 Å². The Balaban J connectivity index is 1.91. The van der Waals surface area contributed by atoms with Crippen LogP contribution in [0.25, 0.3) is 0 Å². The van der Waals surface area contributed by atoms with Crippen LogP contribution in [0.4, 0.5) is 17.1 Å². The first kappa shape index (κ1) is 23.6. The zero-order chi connectivity index (χ0) is 24.3. The molecule has 10 nitrogen and oxygen atoms in total. The minimum absolute atomic E-state index is 0.0721. The molecule has 10 heteroatoms. The van der Waals surface area contributed by atoms with Gasteiger partial charge in [-0.2, -0.15) is 0 Å². The van der Waals surface area contributed by atoms with E-state index in [0.29, 0.717) is 17.8 Å². The van der Waals surface area contributed by atoms with Gasteiger partial charge in [0.25, 0.3) is 17.5 Å². The minimum atomic E-state index is -1.03. The fourth-order valence-electron chi connectivity index (χ4n) is 3.75. The van der Waals surface area contributed by atoms with Crippen molar-refractivity contribution >= 4 is 40.7 Å². The van der Waals surface area contributed by atoms with Crippen LogP contribution in [0.1, 0.15) is 44.0 Å². The van der Waals surface area contributed by atoms with E-state index in [-0.39, 0.29) is 29.6 Å². The summed E-state index contributed by atoms with van der Waals surface area (Å²) in [6.45, 7) is 4.98. The lowest BCUT2D eigenvalue weighted by molar-refractivity contribution is -0.384. The van der Waals surface area contributed by atoms with Gasteiger partial charge in [-0.15, -0.1) is 0 Å². The predicted octanol–water partition coefficient (Wildman–Crippen LogP) is 3.13. The SMILES string of the molecule is CCC(C)N(C(=O)c1cccc([N+](=O)[O-])c1)C1CC(=O)N(c2ccc(NC(C)=O)cc2)C1=O. The second-order valence-electron chi connectivity index (χ2n) is 7.79. The van der Waals surface area contributed by atoms with Crippen molar-refractivity contribution in [1.29, 1.82) is 0 Å². The average Bonchev–Trinajstić information content (AvgIpc) is 3.07. The van der Waals surface area contributed by atoms with E-state index < -0.39 is 28.7 Å². The summed E-state index contributed by atoms with van der Waals surface area (Å²) >= 11 is 0. The maximum absolute atomic E-state index is 13.3. The first-order valence-electron chi connectivity index (χ1n) is 10.5. The number of nitrogens with one attached hydrogen (secondary N) is 1. The van der Waals surface area contributed by atoms with Crippen molar-refractivity contribution in [3.05, 3.63) is 64.2 Å². The molecule has 1 aliphatic heterocycles. The molecule has 1 aliphatic rings. The Morgan fingerprint density at radius 2 is 1.88 bits per heavy atom. The molecule has 1 saturated heterocycles. The summed E-state index contributed by atoms with van der Waals surface area (Å²) < 4.78 is 0. The van der Waals surface area contributed by atoms with Crippen molar-refractivity contribution in [2.75, 3.05) is 10.2 Å². The summed E-state index contributed by atoms with van der Waals surface area (Å²) in [6.07, 6.45) is 0.321. The number of benzene rings is 2. The van der Waals surface area contributed by atoms with Gasteiger partial charge in [0.2, 0.25) is 11.8 Å². The second-order valence-corrected chi connectivity index (χ2v) is 7.79.